The zero-order valence-electron chi connectivity index (χ0n) is 7.00. The van der Waals surface area contributed by atoms with Crippen molar-refractivity contribution in [3.8, 4) is 0 Å². The van der Waals surface area contributed by atoms with Crippen molar-refractivity contribution in [1.82, 2.24) is 0 Å². The normalized spacial score (nSPS) is 27.0. The van der Waals surface area contributed by atoms with E-state index in [9.17, 15) is 5.11 Å². The number of alkyl halides is 1. The first-order valence-corrected chi connectivity index (χ1v) is 5.10. The second-order valence-electron chi connectivity index (χ2n) is 3.34. The smallest absolute Gasteiger partial charge is 0.0956 e. The summed E-state index contributed by atoms with van der Waals surface area (Å²) in [5, 5.41) is 10.3. The molecule has 0 unspecified atom stereocenters. The summed E-state index contributed by atoms with van der Waals surface area (Å²) in [7, 11) is 0. The van der Waals surface area contributed by atoms with Crippen molar-refractivity contribution >= 4 is 23.2 Å². The highest BCUT2D eigenvalue weighted by molar-refractivity contribution is 6.30. The molecule has 2 rings (SSSR count). The second kappa shape index (κ2) is 3.49. The van der Waals surface area contributed by atoms with Crippen LogP contribution < -0.4 is 0 Å². The van der Waals surface area contributed by atoms with Gasteiger partial charge in [0.1, 0.15) is 0 Å². The fourth-order valence-corrected chi connectivity index (χ4v) is 2.16. The van der Waals surface area contributed by atoms with Crippen molar-refractivity contribution < 1.29 is 5.11 Å². The monoisotopic (exact) mass is 216 g/mol. The summed E-state index contributed by atoms with van der Waals surface area (Å²) in [4.78, 5) is 0. The molecule has 0 saturated carbocycles. The Kier molecular flexibility index (Phi) is 2.50. The van der Waals surface area contributed by atoms with Gasteiger partial charge in [-0.25, -0.2) is 0 Å². The van der Waals surface area contributed by atoms with Gasteiger partial charge in [-0.1, -0.05) is 17.7 Å². The van der Waals surface area contributed by atoms with Gasteiger partial charge in [0.05, 0.1) is 11.5 Å². The minimum Gasteiger partial charge on any atom is -0.387 e. The predicted octanol–water partition coefficient (Wildman–Crippen LogP) is 2.93. The first kappa shape index (κ1) is 9.32. The van der Waals surface area contributed by atoms with Crippen LogP contribution in [-0.4, -0.2) is 10.5 Å². The number of fused-ring (bicyclic) bond motifs is 1. The number of hydrogen-bond donors (Lipinski definition) is 1. The van der Waals surface area contributed by atoms with Gasteiger partial charge in [-0.2, -0.15) is 0 Å². The van der Waals surface area contributed by atoms with Gasteiger partial charge in [-0.15, -0.1) is 11.6 Å². The first-order chi connectivity index (χ1) is 6.18. The third-order valence-corrected chi connectivity index (χ3v) is 3.15. The molecule has 0 saturated heterocycles. The Morgan fingerprint density at radius 1 is 1.38 bits per heavy atom. The second-order valence-corrected chi connectivity index (χ2v) is 4.34. The Hall–Kier alpha value is -0.240. The summed E-state index contributed by atoms with van der Waals surface area (Å²) in [6.07, 6.45) is 1.18. The van der Waals surface area contributed by atoms with E-state index < -0.39 is 6.10 Å². The summed E-state index contributed by atoms with van der Waals surface area (Å²) in [6, 6.07) is 5.55. The Labute approximate surface area is 87.3 Å². The van der Waals surface area contributed by atoms with Crippen molar-refractivity contribution in [1.29, 1.82) is 0 Å². The minimum absolute atomic E-state index is 0.159. The topological polar surface area (TPSA) is 20.2 Å². The quantitative estimate of drug-likeness (QED) is 0.662. The maximum Gasteiger partial charge on any atom is 0.0956 e. The Morgan fingerprint density at radius 2 is 2.15 bits per heavy atom. The van der Waals surface area contributed by atoms with Crippen LogP contribution in [0.1, 0.15) is 23.7 Å². The third kappa shape index (κ3) is 1.69. The number of aliphatic hydroxyl groups is 1. The molecule has 1 aromatic carbocycles. The van der Waals surface area contributed by atoms with Crippen LogP contribution in [0.4, 0.5) is 0 Å². The van der Waals surface area contributed by atoms with E-state index in [1.807, 2.05) is 12.1 Å². The van der Waals surface area contributed by atoms with E-state index in [0.29, 0.717) is 0 Å². The first-order valence-electron chi connectivity index (χ1n) is 4.29. The summed E-state index contributed by atoms with van der Waals surface area (Å²) in [5.41, 5.74) is 2.05. The van der Waals surface area contributed by atoms with Gasteiger partial charge in [0.2, 0.25) is 0 Å². The van der Waals surface area contributed by atoms with E-state index in [4.69, 9.17) is 23.2 Å². The summed E-state index contributed by atoms with van der Waals surface area (Å²) in [5.74, 6) is 0. The summed E-state index contributed by atoms with van der Waals surface area (Å²) >= 11 is 11.8. The maximum absolute atomic E-state index is 9.75. The lowest BCUT2D eigenvalue weighted by molar-refractivity contribution is 0.161. The highest BCUT2D eigenvalue weighted by Gasteiger charge is 2.25. The lowest BCUT2D eigenvalue weighted by Crippen LogP contribution is -2.20. The molecule has 0 radical (unpaired) electrons. The fraction of sp³-hybridized carbons (Fsp3) is 0.400. The molecule has 1 nitrogen and oxygen atoms in total. The Balaban J connectivity index is 2.44. The summed E-state index contributed by atoms with van der Waals surface area (Å²) < 4.78 is 0. The van der Waals surface area contributed by atoms with Gasteiger partial charge in [-0.05, 0) is 36.1 Å². The minimum atomic E-state index is -0.539. The van der Waals surface area contributed by atoms with Crippen LogP contribution >= 0.6 is 23.2 Å². The van der Waals surface area contributed by atoms with Crippen molar-refractivity contribution in [2.75, 3.05) is 0 Å². The Bertz CT molecular complexity index is 325. The van der Waals surface area contributed by atoms with Crippen LogP contribution in [0, 0.1) is 0 Å². The van der Waals surface area contributed by atoms with Crippen molar-refractivity contribution in [3.63, 3.8) is 0 Å². The van der Waals surface area contributed by atoms with E-state index in [2.05, 4.69) is 0 Å². The van der Waals surface area contributed by atoms with Gasteiger partial charge >= 0.3 is 0 Å². The largest absolute Gasteiger partial charge is 0.387 e. The van der Waals surface area contributed by atoms with Gasteiger partial charge in [0.25, 0.3) is 0 Å². The lowest BCUT2D eigenvalue weighted by atomic mass is 9.89. The molecule has 1 aliphatic carbocycles. The predicted molar refractivity (Wildman–Crippen MR) is 54.4 cm³/mol. The standard InChI is InChI=1S/C10H10Cl2O/c11-7-2-3-8-6(5-7)1-4-9(12)10(8)13/h2-3,5,9-10,13H,1,4H2/t9-,10+/m0/s1. The van der Waals surface area contributed by atoms with E-state index in [0.717, 1.165) is 29.0 Å². The number of benzene rings is 1. The van der Waals surface area contributed by atoms with Crippen molar-refractivity contribution in [2.45, 2.75) is 24.3 Å². The molecule has 0 aliphatic heterocycles. The number of rotatable bonds is 0. The Morgan fingerprint density at radius 3 is 2.92 bits per heavy atom. The van der Waals surface area contributed by atoms with E-state index >= 15 is 0 Å². The molecule has 3 heteroatoms. The van der Waals surface area contributed by atoms with E-state index in [1.165, 1.54) is 0 Å². The van der Waals surface area contributed by atoms with Crippen LogP contribution in [0.15, 0.2) is 18.2 Å². The van der Waals surface area contributed by atoms with E-state index in [-0.39, 0.29) is 5.38 Å². The van der Waals surface area contributed by atoms with Crippen LogP contribution in [-0.2, 0) is 6.42 Å². The molecule has 0 fully saturated rings. The van der Waals surface area contributed by atoms with E-state index in [1.54, 1.807) is 6.07 Å². The van der Waals surface area contributed by atoms with Crippen LogP contribution in [0.25, 0.3) is 0 Å². The van der Waals surface area contributed by atoms with Gasteiger partial charge in [0, 0.05) is 5.02 Å². The maximum atomic E-state index is 9.75. The molecule has 70 valence electrons. The molecule has 0 aromatic heterocycles. The van der Waals surface area contributed by atoms with Gasteiger partial charge in [-0.3, -0.25) is 0 Å². The highest BCUT2D eigenvalue weighted by Crippen LogP contribution is 2.34. The molecule has 13 heavy (non-hydrogen) atoms. The lowest BCUT2D eigenvalue weighted by Gasteiger charge is -2.25. The number of halogens is 2. The van der Waals surface area contributed by atoms with Crippen LogP contribution in [0.3, 0.4) is 0 Å². The molecule has 1 N–H and O–H groups in total. The van der Waals surface area contributed by atoms with Crippen molar-refractivity contribution in [2.24, 2.45) is 0 Å². The molecular formula is C10H10Cl2O. The molecule has 0 bridgehead atoms. The molecule has 0 heterocycles. The molecular weight excluding hydrogens is 207 g/mol. The fourth-order valence-electron chi connectivity index (χ4n) is 1.73. The van der Waals surface area contributed by atoms with Gasteiger partial charge < -0.3 is 5.11 Å². The highest BCUT2D eigenvalue weighted by atomic mass is 35.5. The van der Waals surface area contributed by atoms with Crippen LogP contribution in [0.2, 0.25) is 5.02 Å². The zero-order valence-corrected chi connectivity index (χ0v) is 8.52. The molecule has 1 aliphatic rings. The average Bonchev–Trinajstić information content (AvgIpc) is 2.12. The number of aryl methyl sites for hydroxylation is 1. The molecule has 0 amide bonds. The van der Waals surface area contributed by atoms with Gasteiger partial charge in [0.15, 0.2) is 0 Å². The zero-order chi connectivity index (χ0) is 9.42. The number of aliphatic hydroxyl groups excluding tert-OH is 1. The van der Waals surface area contributed by atoms with Crippen LogP contribution in [0.5, 0.6) is 0 Å². The average molecular weight is 217 g/mol. The molecule has 2 atom stereocenters. The summed E-state index contributed by atoms with van der Waals surface area (Å²) in [6.45, 7) is 0. The third-order valence-electron chi connectivity index (χ3n) is 2.46. The molecule has 0 spiro atoms. The number of hydrogen-bond acceptors (Lipinski definition) is 1. The molecule has 1 aromatic rings. The van der Waals surface area contributed by atoms with Crippen molar-refractivity contribution in [3.05, 3.63) is 34.3 Å². The SMILES string of the molecule is O[C@@H]1c2ccc(Cl)cc2CC[C@@H]1Cl.